The third kappa shape index (κ3) is 3.57. The fraction of sp³-hybridized carbons (Fsp3) is 0.429. The lowest BCUT2D eigenvalue weighted by molar-refractivity contribution is -0.144. The summed E-state index contributed by atoms with van der Waals surface area (Å²) in [5, 5.41) is 0. The summed E-state index contributed by atoms with van der Waals surface area (Å²) in [5.41, 5.74) is 4.77. The Morgan fingerprint density at radius 1 is 1.15 bits per heavy atom. The minimum absolute atomic E-state index is 0.209. The van der Waals surface area contributed by atoms with Crippen molar-refractivity contribution in [2.45, 2.75) is 0 Å². The van der Waals surface area contributed by atoms with Gasteiger partial charge in [-0.3, -0.25) is 0 Å². The van der Waals surface area contributed by atoms with Crippen LogP contribution in [-0.4, -0.2) is 33.2 Å². The van der Waals surface area contributed by atoms with Crippen molar-refractivity contribution in [3.8, 4) is 0 Å². The highest BCUT2D eigenvalue weighted by Crippen LogP contribution is 1.98. The van der Waals surface area contributed by atoms with Crippen LogP contribution in [0.1, 0.15) is 0 Å². The van der Waals surface area contributed by atoms with Gasteiger partial charge in [-0.05, 0) is 0 Å². The molecule has 0 amide bonds. The first-order chi connectivity index (χ1) is 6.17. The molecule has 0 aromatic heterocycles. The first-order valence-electron chi connectivity index (χ1n) is 3.46. The van der Waals surface area contributed by atoms with E-state index in [0.29, 0.717) is 0 Å². The molecule has 13 heavy (non-hydrogen) atoms. The van der Waals surface area contributed by atoms with Gasteiger partial charge in [-0.15, -0.1) is 0 Å². The number of carbonyl (C=O) groups is 2. The molecule has 0 unspecified atom stereocenters. The number of hydrogen-bond acceptors (Lipinski definition) is 6. The average molecular weight is 188 g/mol. The van der Waals surface area contributed by atoms with Gasteiger partial charge in [-0.2, -0.15) is 0 Å². The predicted octanol–water partition coefficient (Wildman–Crippen LogP) is -1.06. The molecule has 0 rings (SSSR count). The molecule has 0 atom stereocenters. The summed E-state index contributed by atoms with van der Waals surface area (Å²) in [6.07, 6.45) is 1.16. The van der Waals surface area contributed by atoms with Gasteiger partial charge < -0.3 is 14.9 Å². The number of carbonyl (C=O) groups excluding carboxylic acids is 2. The summed E-state index contributed by atoms with van der Waals surface area (Å²) < 4.78 is 8.71. The Morgan fingerprint density at radius 2 is 1.62 bits per heavy atom. The maximum atomic E-state index is 11.0. The molecule has 74 valence electrons. The SMILES string of the molecule is CNNC=C(C(=O)OC)C(=O)OC. The molecular formula is C7H12N2O4. The van der Waals surface area contributed by atoms with E-state index in [-0.39, 0.29) is 5.57 Å². The number of ether oxygens (including phenoxy) is 2. The predicted molar refractivity (Wildman–Crippen MR) is 44.3 cm³/mol. The highest BCUT2D eigenvalue weighted by molar-refractivity contribution is 6.13. The first kappa shape index (κ1) is 11.4. The minimum Gasteiger partial charge on any atom is -0.465 e. The van der Waals surface area contributed by atoms with Crippen LogP contribution in [-0.2, 0) is 19.1 Å². The van der Waals surface area contributed by atoms with E-state index in [2.05, 4.69) is 20.3 Å². The second-order valence-electron chi connectivity index (χ2n) is 1.94. The monoisotopic (exact) mass is 188 g/mol. The van der Waals surface area contributed by atoms with Crippen LogP contribution in [0.2, 0.25) is 0 Å². The minimum atomic E-state index is -0.755. The van der Waals surface area contributed by atoms with Crippen molar-refractivity contribution in [3.63, 3.8) is 0 Å². The zero-order chi connectivity index (χ0) is 10.3. The van der Waals surface area contributed by atoms with E-state index in [1.165, 1.54) is 14.2 Å². The summed E-state index contributed by atoms with van der Waals surface area (Å²) in [7, 11) is 3.94. The molecule has 0 heterocycles. The second kappa shape index (κ2) is 6.01. The lowest BCUT2D eigenvalue weighted by atomic mass is 10.3. The van der Waals surface area contributed by atoms with Crippen LogP contribution in [0.4, 0.5) is 0 Å². The number of rotatable bonds is 4. The van der Waals surface area contributed by atoms with E-state index < -0.39 is 11.9 Å². The fourth-order valence-electron chi connectivity index (χ4n) is 0.565. The van der Waals surface area contributed by atoms with Crippen LogP contribution < -0.4 is 10.9 Å². The quantitative estimate of drug-likeness (QED) is 0.192. The lowest BCUT2D eigenvalue weighted by Crippen LogP contribution is -2.25. The Bertz CT molecular complexity index is 207. The molecule has 0 bridgehead atoms. The van der Waals surface area contributed by atoms with E-state index in [1.54, 1.807) is 7.05 Å². The highest BCUT2D eigenvalue weighted by atomic mass is 16.5. The molecule has 0 aliphatic rings. The van der Waals surface area contributed by atoms with Crippen molar-refractivity contribution in [1.29, 1.82) is 0 Å². The Hall–Kier alpha value is -1.56. The molecule has 2 N–H and O–H groups in total. The Balaban J connectivity index is 4.54. The van der Waals surface area contributed by atoms with Crippen molar-refractivity contribution in [1.82, 2.24) is 10.9 Å². The van der Waals surface area contributed by atoms with Crippen LogP contribution in [0, 0.1) is 0 Å². The largest absolute Gasteiger partial charge is 0.465 e. The Labute approximate surface area is 75.9 Å². The molecule has 0 saturated carbocycles. The number of esters is 2. The molecule has 0 aromatic rings. The van der Waals surface area contributed by atoms with Gasteiger partial charge in [0.1, 0.15) is 0 Å². The molecule has 0 aromatic carbocycles. The highest BCUT2D eigenvalue weighted by Gasteiger charge is 2.19. The van der Waals surface area contributed by atoms with Crippen LogP contribution in [0.3, 0.4) is 0 Å². The van der Waals surface area contributed by atoms with Gasteiger partial charge in [0, 0.05) is 13.2 Å². The molecular weight excluding hydrogens is 176 g/mol. The number of hydrogen-bond donors (Lipinski definition) is 2. The van der Waals surface area contributed by atoms with Gasteiger partial charge in [0.05, 0.1) is 14.2 Å². The standard InChI is InChI=1S/C7H12N2O4/c1-8-9-4-5(6(10)12-2)7(11)13-3/h4,8-9H,1-3H3. The number of methoxy groups -OCH3 is 2. The second-order valence-corrected chi connectivity index (χ2v) is 1.94. The van der Waals surface area contributed by atoms with Gasteiger partial charge in [0.2, 0.25) is 0 Å². The van der Waals surface area contributed by atoms with Crippen LogP contribution in [0.5, 0.6) is 0 Å². The molecule has 0 fully saturated rings. The smallest absolute Gasteiger partial charge is 0.346 e. The van der Waals surface area contributed by atoms with Crippen molar-refractivity contribution in [2.24, 2.45) is 0 Å². The molecule has 0 aliphatic carbocycles. The summed E-state index contributed by atoms with van der Waals surface area (Å²) >= 11 is 0. The molecule has 0 radical (unpaired) electrons. The van der Waals surface area contributed by atoms with Gasteiger partial charge >= 0.3 is 11.9 Å². The Kier molecular flexibility index (Phi) is 5.29. The van der Waals surface area contributed by atoms with Crippen LogP contribution in [0.15, 0.2) is 11.8 Å². The zero-order valence-electron chi connectivity index (χ0n) is 7.71. The maximum Gasteiger partial charge on any atom is 0.346 e. The normalized spacial score (nSPS) is 8.54. The van der Waals surface area contributed by atoms with Crippen LogP contribution >= 0.6 is 0 Å². The zero-order valence-corrected chi connectivity index (χ0v) is 7.71. The molecule has 0 aliphatic heterocycles. The molecule has 6 nitrogen and oxygen atoms in total. The average Bonchev–Trinajstić information content (AvgIpc) is 2.17. The third-order valence-electron chi connectivity index (χ3n) is 1.17. The molecule has 0 saturated heterocycles. The van der Waals surface area contributed by atoms with Crippen LogP contribution in [0.25, 0.3) is 0 Å². The molecule has 0 spiro atoms. The van der Waals surface area contributed by atoms with Gasteiger partial charge in [0.15, 0.2) is 5.57 Å². The lowest BCUT2D eigenvalue weighted by Gasteiger charge is -2.03. The number of hydrazine groups is 1. The van der Waals surface area contributed by atoms with Crippen molar-refractivity contribution >= 4 is 11.9 Å². The first-order valence-corrected chi connectivity index (χ1v) is 3.46. The van der Waals surface area contributed by atoms with Crippen molar-refractivity contribution in [2.75, 3.05) is 21.3 Å². The van der Waals surface area contributed by atoms with Gasteiger partial charge in [-0.1, -0.05) is 0 Å². The van der Waals surface area contributed by atoms with Gasteiger partial charge in [-0.25, -0.2) is 15.0 Å². The summed E-state index contributed by atoms with van der Waals surface area (Å²) in [4.78, 5) is 21.9. The van der Waals surface area contributed by atoms with E-state index in [9.17, 15) is 9.59 Å². The van der Waals surface area contributed by atoms with Gasteiger partial charge in [0.25, 0.3) is 0 Å². The summed E-state index contributed by atoms with van der Waals surface area (Å²) in [6, 6.07) is 0. The topological polar surface area (TPSA) is 76.7 Å². The molecule has 6 heteroatoms. The van der Waals surface area contributed by atoms with E-state index in [1.807, 2.05) is 0 Å². The van der Waals surface area contributed by atoms with E-state index >= 15 is 0 Å². The fourth-order valence-corrected chi connectivity index (χ4v) is 0.565. The third-order valence-corrected chi connectivity index (χ3v) is 1.17. The summed E-state index contributed by atoms with van der Waals surface area (Å²) in [6.45, 7) is 0. The summed E-state index contributed by atoms with van der Waals surface area (Å²) in [5.74, 6) is -1.51. The number of nitrogens with one attached hydrogen (secondary N) is 2. The van der Waals surface area contributed by atoms with Crippen molar-refractivity contribution in [3.05, 3.63) is 11.8 Å². The maximum absolute atomic E-state index is 11.0. The Morgan fingerprint density at radius 3 is 1.92 bits per heavy atom. The van der Waals surface area contributed by atoms with Crippen molar-refractivity contribution < 1.29 is 19.1 Å². The van der Waals surface area contributed by atoms with E-state index in [0.717, 1.165) is 6.20 Å². The van der Waals surface area contributed by atoms with E-state index in [4.69, 9.17) is 0 Å².